The van der Waals surface area contributed by atoms with Gasteiger partial charge in [-0.05, 0) is 18.2 Å². The van der Waals surface area contributed by atoms with Crippen LogP contribution < -0.4 is 0 Å². The van der Waals surface area contributed by atoms with Crippen molar-refractivity contribution >= 4 is 17.7 Å². The average molecular weight is 224 g/mol. The van der Waals surface area contributed by atoms with Crippen LogP contribution in [0.15, 0.2) is 30.6 Å². The summed E-state index contributed by atoms with van der Waals surface area (Å²) in [4.78, 5) is 14.5. The molecule has 0 bridgehead atoms. The Bertz CT molecular complexity index is 510. The predicted octanol–water partition coefficient (Wildman–Crippen LogP) is 2.12. The second kappa shape index (κ2) is 3.70. The van der Waals surface area contributed by atoms with Crippen molar-refractivity contribution in [1.29, 1.82) is 0 Å². The van der Waals surface area contributed by atoms with Crippen LogP contribution in [0.3, 0.4) is 0 Å². The zero-order valence-electron chi connectivity index (χ0n) is 7.46. The largest absolute Gasteiger partial charge is 0.463 e. The Hall–Kier alpha value is -1.88. The minimum absolute atomic E-state index is 0.299. The molecular weight excluding hydrogens is 218 g/mol. The highest BCUT2D eigenvalue weighted by atomic mass is 35.5. The van der Waals surface area contributed by atoms with Gasteiger partial charge in [-0.25, -0.2) is 9.78 Å². The Kier molecular flexibility index (Phi) is 2.39. The molecular formula is C9H6ClN3O2. The van der Waals surface area contributed by atoms with Gasteiger partial charge in [0.25, 0.3) is 0 Å². The molecule has 2 heterocycles. The molecule has 0 spiro atoms. The standard InChI is InChI=1S/C9H6ClN3O2/c10-8-6(2-1-4-11-8)7-3-5-13(12-7)9(14)15/h1-5H,(H,14,15). The second-order valence-corrected chi connectivity index (χ2v) is 3.13. The SMILES string of the molecule is O=C(O)n1ccc(-c2cccnc2Cl)n1. The number of rotatable bonds is 1. The summed E-state index contributed by atoms with van der Waals surface area (Å²) in [5.41, 5.74) is 1.09. The normalized spacial score (nSPS) is 10.2. The lowest BCUT2D eigenvalue weighted by atomic mass is 10.2. The van der Waals surface area contributed by atoms with Gasteiger partial charge >= 0.3 is 6.09 Å². The van der Waals surface area contributed by atoms with E-state index in [0.717, 1.165) is 4.68 Å². The van der Waals surface area contributed by atoms with Gasteiger partial charge in [-0.1, -0.05) is 11.6 Å². The molecule has 0 aromatic carbocycles. The van der Waals surface area contributed by atoms with Crippen molar-refractivity contribution < 1.29 is 9.90 Å². The number of nitrogens with zero attached hydrogens (tertiary/aromatic N) is 3. The third-order valence-corrected chi connectivity index (χ3v) is 2.12. The van der Waals surface area contributed by atoms with Crippen molar-refractivity contribution in [3.05, 3.63) is 35.7 Å². The van der Waals surface area contributed by atoms with Crippen LogP contribution in [0.25, 0.3) is 11.3 Å². The maximum Gasteiger partial charge on any atom is 0.432 e. The average Bonchev–Trinajstić information content (AvgIpc) is 2.67. The van der Waals surface area contributed by atoms with Crippen molar-refractivity contribution in [3.63, 3.8) is 0 Å². The van der Waals surface area contributed by atoms with Gasteiger partial charge in [0.1, 0.15) is 5.15 Å². The van der Waals surface area contributed by atoms with Crippen molar-refractivity contribution in [3.8, 4) is 11.3 Å². The van der Waals surface area contributed by atoms with E-state index in [9.17, 15) is 4.79 Å². The topological polar surface area (TPSA) is 68.0 Å². The lowest BCUT2D eigenvalue weighted by Gasteiger charge is -1.97. The summed E-state index contributed by atoms with van der Waals surface area (Å²) in [5.74, 6) is 0. The minimum Gasteiger partial charge on any atom is -0.463 e. The molecule has 15 heavy (non-hydrogen) atoms. The molecule has 2 aromatic heterocycles. The van der Waals surface area contributed by atoms with Gasteiger partial charge in [0, 0.05) is 18.0 Å². The van der Waals surface area contributed by atoms with Crippen LogP contribution in [0.2, 0.25) is 5.15 Å². The van der Waals surface area contributed by atoms with Crippen LogP contribution >= 0.6 is 11.6 Å². The molecule has 6 heteroatoms. The van der Waals surface area contributed by atoms with E-state index in [0.29, 0.717) is 16.4 Å². The summed E-state index contributed by atoms with van der Waals surface area (Å²) in [6.07, 6.45) is 1.77. The van der Waals surface area contributed by atoms with Gasteiger partial charge in [0.2, 0.25) is 0 Å². The third kappa shape index (κ3) is 1.82. The Labute approximate surface area is 89.9 Å². The van der Waals surface area contributed by atoms with E-state index < -0.39 is 6.09 Å². The number of pyridine rings is 1. The number of hydrogen-bond acceptors (Lipinski definition) is 3. The van der Waals surface area contributed by atoms with E-state index in [2.05, 4.69) is 10.1 Å². The maximum absolute atomic E-state index is 10.6. The Morgan fingerprint density at radius 2 is 2.27 bits per heavy atom. The summed E-state index contributed by atoms with van der Waals surface area (Å²) in [5, 5.41) is 12.8. The van der Waals surface area contributed by atoms with Crippen LogP contribution in [0, 0.1) is 0 Å². The molecule has 0 aliphatic rings. The smallest absolute Gasteiger partial charge is 0.432 e. The molecule has 0 aliphatic carbocycles. The zero-order chi connectivity index (χ0) is 10.8. The van der Waals surface area contributed by atoms with Gasteiger partial charge in [0.15, 0.2) is 0 Å². The first-order chi connectivity index (χ1) is 7.18. The first-order valence-corrected chi connectivity index (χ1v) is 4.46. The van der Waals surface area contributed by atoms with Gasteiger partial charge in [0.05, 0.1) is 5.69 Å². The van der Waals surface area contributed by atoms with E-state index in [-0.39, 0.29) is 0 Å². The number of halogens is 1. The summed E-state index contributed by atoms with van der Waals surface area (Å²) in [6, 6.07) is 5.00. The fourth-order valence-corrected chi connectivity index (χ4v) is 1.37. The fraction of sp³-hybridized carbons (Fsp3) is 0. The van der Waals surface area contributed by atoms with Gasteiger partial charge in [-0.2, -0.15) is 9.78 Å². The molecule has 0 radical (unpaired) electrons. The van der Waals surface area contributed by atoms with E-state index >= 15 is 0 Å². The molecule has 76 valence electrons. The highest BCUT2D eigenvalue weighted by Crippen LogP contribution is 2.23. The van der Waals surface area contributed by atoms with Crippen molar-refractivity contribution in [2.75, 3.05) is 0 Å². The van der Waals surface area contributed by atoms with Gasteiger partial charge in [-0.3, -0.25) is 0 Å². The van der Waals surface area contributed by atoms with Gasteiger partial charge in [-0.15, -0.1) is 0 Å². The summed E-state index contributed by atoms with van der Waals surface area (Å²) >= 11 is 5.84. The molecule has 0 unspecified atom stereocenters. The molecule has 0 saturated heterocycles. The monoisotopic (exact) mass is 223 g/mol. The Morgan fingerprint density at radius 1 is 1.47 bits per heavy atom. The molecule has 1 N–H and O–H groups in total. The molecule has 0 aliphatic heterocycles. The van der Waals surface area contributed by atoms with Crippen LogP contribution in [0.5, 0.6) is 0 Å². The summed E-state index contributed by atoms with van der Waals surface area (Å²) in [6.45, 7) is 0. The van der Waals surface area contributed by atoms with Crippen molar-refractivity contribution in [2.24, 2.45) is 0 Å². The second-order valence-electron chi connectivity index (χ2n) is 2.77. The highest BCUT2D eigenvalue weighted by molar-refractivity contribution is 6.32. The number of carboxylic acid groups (broad SMARTS) is 1. The fourth-order valence-electron chi connectivity index (χ4n) is 1.15. The Balaban J connectivity index is 2.46. The van der Waals surface area contributed by atoms with Crippen LogP contribution in [-0.2, 0) is 0 Å². The summed E-state index contributed by atoms with van der Waals surface area (Å²) in [7, 11) is 0. The molecule has 2 rings (SSSR count). The maximum atomic E-state index is 10.6. The van der Waals surface area contributed by atoms with E-state index in [4.69, 9.17) is 16.7 Å². The van der Waals surface area contributed by atoms with E-state index in [1.54, 1.807) is 24.4 Å². The third-order valence-electron chi connectivity index (χ3n) is 1.82. The number of hydrogen-bond donors (Lipinski definition) is 1. The summed E-state index contributed by atoms with van der Waals surface area (Å²) < 4.78 is 0.818. The first kappa shape index (κ1) is 9.67. The van der Waals surface area contributed by atoms with E-state index in [1.165, 1.54) is 6.20 Å². The quantitative estimate of drug-likeness (QED) is 0.752. The van der Waals surface area contributed by atoms with Crippen molar-refractivity contribution in [2.45, 2.75) is 0 Å². The highest BCUT2D eigenvalue weighted by Gasteiger charge is 2.09. The molecule has 0 saturated carbocycles. The zero-order valence-corrected chi connectivity index (χ0v) is 8.22. The van der Waals surface area contributed by atoms with Crippen molar-refractivity contribution in [1.82, 2.24) is 14.8 Å². The molecule has 0 atom stereocenters. The Morgan fingerprint density at radius 3 is 2.87 bits per heavy atom. The molecule has 0 fully saturated rings. The first-order valence-electron chi connectivity index (χ1n) is 4.08. The van der Waals surface area contributed by atoms with Crippen LogP contribution in [0.4, 0.5) is 4.79 Å². The molecule has 5 nitrogen and oxygen atoms in total. The van der Waals surface area contributed by atoms with Crippen LogP contribution in [-0.4, -0.2) is 26.0 Å². The minimum atomic E-state index is -1.14. The molecule has 2 aromatic rings. The number of aromatic nitrogens is 3. The lowest BCUT2D eigenvalue weighted by Crippen LogP contribution is -2.07. The molecule has 0 amide bonds. The lowest BCUT2D eigenvalue weighted by molar-refractivity contribution is 0.192. The van der Waals surface area contributed by atoms with E-state index in [1.807, 2.05) is 0 Å². The number of carbonyl (C=O) groups is 1. The van der Waals surface area contributed by atoms with Crippen LogP contribution in [0.1, 0.15) is 0 Å². The predicted molar refractivity (Wildman–Crippen MR) is 53.9 cm³/mol. The van der Waals surface area contributed by atoms with Gasteiger partial charge < -0.3 is 5.11 Å².